The fourth-order valence-corrected chi connectivity index (χ4v) is 3.07. The molecular formula is C20H26N6O7. The highest BCUT2D eigenvalue weighted by Crippen LogP contribution is 2.19. The zero-order valence-electron chi connectivity index (χ0n) is 17.5. The van der Waals surface area contributed by atoms with Crippen LogP contribution in [-0.2, 0) is 30.4 Å². The molecule has 0 spiro atoms. The van der Waals surface area contributed by atoms with Crippen molar-refractivity contribution in [1.29, 1.82) is 0 Å². The smallest absolute Gasteiger partial charge is 0.322 e. The van der Waals surface area contributed by atoms with Gasteiger partial charge in [-0.05, 0) is 11.6 Å². The van der Waals surface area contributed by atoms with Crippen molar-refractivity contribution in [1.82, 2.24) is 20.9 Å². The van der Waals surface area contributed by atoms with E-state index in [4.69, 9.17) is 16.6 Å². The van der Waals surface area contributed by atoms with Gasteiger partial charge in [0, 0.05) is 23.5 Å². The number of hydrogen-bond donors (Lipinski definition) is 8. The van der Waals surface area contributed by atoms with E-state index in [1.54, 1.807) is 12.3 Å². The molecule has 13 nitrogen and oxygen atoms in total. The fourth-order valence-electron chi connectivity index (χ4n) is 3.07. The van der Waals surface area contributed by atoms with Gasteiger partial charge in [-0.3, -0.25) is 24.0 Å². The predicted octanol–water partition coefficient (Wildman–Crippen LogP) is -2.92. The Bertz CT molecular complexity index is 1040. The highest BCUT2D eigenvalue weighted by Gasteiger charge is 2.29. The summed E-state index contributed by atoms with van der Waals surface area (Å²) in [4.78, 5) is 62.2. The van der Waals surface area contributed by atoms with Gasteiger partial charge in [-0.2, -0.15) is 0 Å². The highest BCUT2D eigenvalue weighted by atomic mass is 16.4. The van der Waals surface area contributed by atoms with Crippen molar-refractivity contribution in [2.75, 3.05) is 13.2 Å². The minimum Gasteiger partial charge on any atom is -0.480 e. The number of hydrogen-bond acceptors (Lipinski definition) is 7. The van der Waals surface area contributed by atoms with Gasteiger partial charge < -0.3 is 42.6 Å². The number of carboxylic acid groups (broad SMARTS) is 1. The number of aliphatic hydroxyl groups is 1. The number of benzene rings is 1. The van der Waals surface area contributed by atoms with Crippen molar-refractivity contribution in [3.8, 4) is 0 Å². The molecule has 0 saturated carbocycles. The Morgan fingerprint density at radius 1 is 1.00 bits per heavy atom. The number of fused-ring (bicyclic) bond motifs is 1. The zero-order valence-corrected chi connectivity index (χ0v) is 17.5. The summed E-state index contributed by atoms with van der Waals surface area (Å²) < 4.78 is 0. The number of carbonyl (C=O) groups excluding carboxylic acids is 4. The molecule has 0 aliphatic rings. The number of carboxylic acids is 1. The van der Waals surface area contributed by atoms with E-state index < -0.39 is 67.3 Å². The number of nitrogens with one attached hydrogen (secondary N) is 4. The van der Waals surface area contributed by atoms with Gasteiger partial charge in [-0.1, -0.05) is 18.2 Å². The van der Waals surface area contributed by atoms with Gasteiger partial charge in [0.05, 0.1) is 19.1 Å². The summed E-state index contributed by atoms with van der Waals surface area (Å²) in [7, 11) is 0. The van der Waals surface area contributed by atoms with Crippen LogP contribution in [0.2, 0.25) is 0 Å². The largest absolute Gasteiger partial charge is 0.480 e. The van der Waals surface area contributed by atoms with E-state index in [1.165, 1.54) is 0 Å². The maximum Gasteiger partial charge on any atom is 0.322 e. The summed E-state index contributed by atoms with van der Waals surface area (Å²) in [5.74, 6) is -4.67. The minimum absolute atomic E-state index is 0.0141. The molecule has 178 valence electrons. The summed E-state index contributed by atoms with van der Waals surface area (Å²) in [5.41, 5.74) is 12.2. The normalized spacial score (nSPS) is 13.5. The lowest BCUT2D eigenvalue weighted by atomic mass is 10.0. The maximum atomic E-state index is 12.9. The quantitative estimate of drug-likeness (QED) is 0.162. The van der Waals surface area contributed by atoms with E-state index in [1.807, 2.05) is 18.2 Å². The first-order chi connectivity index (χ1) is 15.6. The van der Waals surface area contributed by atoms with Crippen LogP contribution in [0.15, 0.2) is 30.5 Å². The van der Waals surface area contributed by atoms with E-state index in [0.717, 1.165) is 10.9 Å². The van der Waals surface area contributed by atoms with Crippen molar-refractivity contribution in [2.45, 2.75) is 31.0 Å². The number of aromatic nitrogens is 1. The topological polar surface area (TPSA) is 230 Å². The first kappa shape index (κ1) is 25.3. The second-order valence-corrected chi connectivity index (χ2v) is 7.26. The van der Waals surface area contributed by atoms with E-state index >= 15 is 0 Å². The standard InChI is InChI=1S/C20H26N6O7/c21-12(6-16(22)28)18(31)25-14(5-10-7-23-13-4-2-1-3-11(10)13)20(33)26-15(9-27)19(32)24-8-17(29)30/h1-4,7,12,14-15,23,27H,5-6,8-9,21H2,(H2,22,28)(H,24,32)(H,25,31)(H,26,33)(H,29,30). The number of H-pyrrole nitrogens is 1. The van der Waals surface area contributed by atoms with Gasteiger partial charge >= 0.3 is 5.97 Å². The van der Waals surface area contributed by atoms with Crippen molar-refractivity contribution < 1.29 is 34.2 Å². The molecule has 10 N–H and O–H groups in total. The molecule has 1 aromatic carbocycles. The number of aromatic amines is 1. The lowest BCUT2D eigenvalue weighted by Crippen LogP contribution is -2.57. The lowest BCUT2D eigenvalue weighted by Gasteiger charge is -2.23. The second kappa shape index (κ2) is 11.6. The Labute approximate surface area is 187 Å². The Balaban J connectivity index is 2.21. The average molecular weight is 462 g/mol. The van der Waals surface area contributed by atoms with Crippen LogP contribution >= 0.6 is 0 Å². The second-order valence-electron chi connectivity index (χ2n) is 7.26. The molecule has 0 aliphatic heterocycles. The molecule has 0 radical (unpaired) electrons. The minimum atomic E-state index is -1.46. The first-order valence-electron chi connectivity index (χ1n) is 9.92. The number of amides is 4. The molecule has 2 rings (SSSR count). The molecule has 0 bridgehead atoms. The molecule has 4 amide bonds. The number of aliphatic hydroxyl groups excluding tert-OH is 1. The van der Waals surface area contributed by atoms with Crippen LogP contribution in [0.25, 0.3) is 10.9 Å². The van der Waals surface area contributed by atoms with Crippen molar-refractivity contribution in [2.24, 2.45) is 11.5 Å². The van der Waals surface area contributed by atoms with Crippen molar-refractivity contribution in [3.05, 3.63) is 36.0 Å². The molecule has 33 heavy (non-hydrogen) atoms. The van der Waals surface area contributed by atoms with E-state index in [-0.39, 0.29) is 6.42 Å². The predicted molar refractivity (Wildman–Crippen MR) is 115 cm³/mol. The first-order valence-corrected chi connectivity index (χ1v) is 9.92. The Morgan fingerprint density at radius 3 is 2.30 bits per heavy atom. The van der Waals surface area contributed by atoms with Crippen LogP contribution < -0.4 is 27.4 Å². The highest BCUT2D eigenvalue weighted by molar-refractivity contribution is 5.95. The number of carbonyl (C=O) groups is 5. The average Bonchev–Trinajstić information content (AvgIpc) is 3.17. The van der Waals surface area contributed by atoms with Gasteiger partial charge in [0.2, 0.25) is 23.6 Å². The van der Waals surface area contributed by atoms with Gasteiger partial charge in [0.25, 0.3) is 0 Å². The Hall–Kier alpha value is -3.97. The molecule has 0 aliphatic carbocycles. The van der Waals surface area contributed by atoms with Crippen molar-refractivity contribution >= 4 is 40.5 Å². The van der Waals surface area contributed by atoms with Crippen LogP contribution in [0.1, 0.15) is 12.0 Å². The molecule has 0 fully saturated rings. The van der Waals surface area contributed by atoms with Gasteiger partial charge in [0.1, 0.15) is 18.6 Å². The van der Waals surface area contributed by atoms with Crippen LogP contribution in [-0.4, -0.2) is 76.1 Å². The zero-order chi connectivity index (χ0) is 24.5. The lowest BCUT2D eigenvalue weighted by molar-refractivity contribution is -0.138. The Morgan fingerprint density at radius 2 is 1.67 bits per heavy atom. The summed E-state index contributed by atoms with van der Waals surface area (Å²) in [6.07, 6.45) is 1.20. The van der Waals surface area contributed by atoms with E-state index in [0.29, 0.717) is 5.56 Å². The van der Waals surface area contributed by atoms with Crippen LogP contribution in [0.4, 0.5) is 0 Å². The third-order valence-electron chi connectivity index (χ3n) is 4.72. The number of nitrogens with two attached hydrogens (primary N) is 2. The molecular weight excluding hydrogens is 436 g/mol. The molecule has 3 unspecified atom stereocenters. The molecule has 3 atom stereocenters. The van der Waals surface area contributed by atoms with Crippen LogP contribution in [0.3, 0.4) is 0 Å². The van der Waals surface area contributed by atoms with Crippen molar-refractivity contribution in [3.63, 3.8) is 0 Å². The summed E-state index contributed by atoms with van der Waals surface area (Å²) >= 11 is 0. The third-order valence-corrected chi connectivity index (χ3v) is 4.72. The molecule has 2 aromatic rings. The summed E-state index contributed by atoms with van der Waals surface area (Å²) in [6.45, 7) is -1.52. The molecule has 1 heterocycles. The van der Waals surface area contributed by atoms with Crippen LogP contribution in [0.5, 0.6) is 0 Å². The number of primary amides is 1. The molecule has 13 heteroatoms. The summed E-state index contributed by atoms with van der Waals surface area (Å²) in [6, 6.07) is 3.25. The fraction of sp³-hybridized carbons (Fsp3) is 0.350. The van der Waals surface area contributed by atoms with E-state index in [9.17, 15) is 29.1 Å². The number of para-hydroxylation sites is 1. The van der Waals surface area contributed by atoms with Crippen LogP contribution in [0, 0.1) is 0 Å². The monoisotopic (exact) mass is 462 g/mol. The molecule has 1 aromatic heterocycles. The molecule has 0 saturated heterocycles. The van der Waals surface area contributed by atoms with E-state index in [2.05, 4.69) is 20.9 Å². The maximum absolute atomic E-state index is 12.9. The SMILES string of the molecule is NC(=O)CC(N)C(=O)NC(Cc1c[nH]c2ccccc12)C(=O)NC(CO)C(=O)NCC(=O)O. The third kappa shape index (κ3) is 7.29. The van der Waals surface area contributed by atoms with Gasteiger partial charge in [-0.25, -0.2) is 0 Å². The van der Waals surface area contributed by atoms with Gasteiger partial charge in [0.15, 0.2) is 0 Å². The number of rotatable bonds is 12. The Kier molecular flexibility index (Phi) is 8.89. The number of aliphatic carboxylic acids is 1. The summed E-state index contributed by atoms with van der Waals surface area (Å²) in [5, 5.41) is 25.7. The van der Waals surface area contributed by atoms with Gasteiger partial charge in [-0.15, -0.1) is 0 Å².